The molecule has 1 N–H and O–H groups in total. The van der Waals surface area contributed by atoms with Gasteiger partial charge in [0, 0.05) is 26.8 Å². The maximum absolute atomic E-state index is 11.5. The number of likely N-dealkylation sites (N-methyl/N-ethyl adjacent to an activating group) is 1. The van der Waals surface area contributed by atoms with Gasteiger partial charge < -0.3 is 19.5 Å². The molecule has 5 heteroatoms. The standard InChI is InChI=1S/C10H21NO4/c1-3-11(5-4-6-12)10(13)9-15-8-7-14-2/h12H,3-9H2,1-2H3. The number of aliphatic hydroxyl groups is 1. The normalized spacial score (nSPS) is 10.3. The first-order valence-corrected chi connectivity index (χ1v) is 5.21. The lowest BCUT2D eigenvalue weighted by Crippen LogP contribution is -2.35. The second kappa shape index (κ2) is 9.89. The summed E-state index contributed by atoms with van der Waals surface area (Å²) in [6, 6.07) is 0. The summed E-state index contributed by atoms with van der Waals surface area (Å²) < 4.78 is 9.91. The minimum atomic E-state index is -0.0398. The van der Waals surface area contributed by atoms with Crippen molar-refractivity contribution in [2.24, 2.45) is 0 Å². The molecule has 1 amide bonds. The molecule has 5 nitrogen and oxygen atoms in total. The highest BCUT2D eigenvalue weighted by Gasteiger charge is 2.10. The Morgan fingerprint density at radius 2 is 2.13 bits per heavy atom. The SMILES string of the molecule is CCN(CCCO)C(=O)COCCOC. The van der Waals surface area contributed by atoms with Crippen LogP contribution in [-0.2, 0) is 14.3 Å². The van der Waals surface area contributed by atoms with Crippen LogP contribution in [0.4, 0.5) is 0 Å². The van der Waals surface area contributed by atoms with Crippen LogP contribution in [0.15, 0.2) is 0 Å². The van der Waals surface area contributed by atoms with Crippen molar-refractivity contribution in [3.05, 3.63) is 0 Å². The fourth-order valence-electron chi connectivity index (χ4n) is 1.11. The van der Waals surface area contributed by atoms with E-state index in [-0.39, 0.29) is 19.1 Å². The highest BCUT2D eigenvalue weighted by atomic mass is 16.5. The Kier molecular flexibility index (Phi) is 9.46. The molecule has 0 aromatic heterocycles. The molecule has 0 aliphatic heterocycles. The van der Waals surface area contributed by atoms with Crippen molar-refractivity contribution in [2.75, 3.05) is 46.6 Å². The first kappa shape index (κ1) is 14.3. The number of carbonyl (C=O) groups is 1. The smallest absolute Gasteiger partial charge is 0.248 e. The summed E-state index contributed by atoms with van der Waals surface area (Å²) in [6.07, 6.45) is 0.609. The topological polar surface area (TPSA) is 59.0 Å². The zero-order valence-corrected chi connectivity index (χ0v) is 9.57. The van der Waals surface area contributed by atoms with E-state index in [9.17, 15) is 4.79 Å². The quantitative estimate of drug-likeness (QED) is 0.549. The molecule has 0 aliphatic rings. The van der Waals surface area contributed by atoms with Crippen molar-refractivity contribution in [3.8, 4) is 0 Å². The van der Waals surface area contributed by atoms with Crippen LogP contribution in [0.3, 0.4) is 0 Å². The van der Waals surface area contributed by atoms with Crippen LogP contribution in [-0.4, -0.2) is 62.5 Å². The molecule has 0 aromatic rings. The van der Waals surface area contributed by atoms with Gasteiger partial charge in [-0.25, -0.2) is 0 Å². The number of methoxy groups -OCH3 is 1. The Balaban J connectivity index is 3.63. The molecule has 0 aromatic carbocycles. The molecule has 0 saturated carbocycles. The molecule has 0 atom stereocenters. The van der Waals surface area contributed by atoms with E-state index < -0.39 is 0 Å². The van der Waals surface area contributed by atoms with Gasteiger partial charge in [-0.3, -0.25) is 4.79 Å². The molecule has 0 spiro atoms. The minimum Gasteiger partial charge on any atom is -0.396 e. The zero-order chi connectivity index (χ0) is 11.5. The minimum absolute atomic E-state index is 0.0398. The number of nitrogens with zero attached hydrogens (tertiary/aromatic N) is 1. The maximum atomic E-state index is 11.5. The molecule has 0 rings (SSSR count). The predicted molar refractivity (Wildman–Crippen MR) is 56.7 cm³/mol. The van der Waals surface area contributed by atoms with Gasteiger partial charge in [0.2, 0.25) is 5.91 Å². The van der Waals surface area contributed by atoms with E-state index in [1.54, 1.807) is 12.0 Å². The van der Waals surface area contributed by atoms with Crippen LogP contribution in [0.25, 0.3) is 0 Å². The lowest BCUT2D eigenvalue weighted by atomic mass is 10.4. The van der Waals surface area contributed by atoms with Gasteiger partial charge in [-0.15, -0.1) is 0 Å². The van der Waals surface area contributed by atoms with Crippen molar-refractivity contribution in [2.45, 2.75) is 13.3 Å². The monoisotopic (exact) mass is 219 g/mol. The summed E-state index contributed by atoms with van der Waals surface area (Å²) in [5.41, 5.74) is 0. The van der Waals surface area contributed by atoms with E-state index in [1.807, 2.05) is 6.92 Å². The fraction of sp³-hybridized carbons (Fsp3) is 0.900. The second-order valence-electron chi connectivity index (χ2n) is 3.10. The molecule has 0 saturated heterocycles. The van der Waals surface area contributed by atoms with Crippen molar-refractivity contribution in [3.63, 3.8) is 0 Å². The molecule has 90 valence electrons. The van der Waals surface area contributed by atoms with Crippen molar-refractivity contribution in [1.29, 1.82) is 0 Å². The van der Waals surface area contributed by atoms with Crippen LogP contribution in [0.5, 0.6) is 0 Å². The van der Waals surface area contributed by atoms with Crippen LogP contribution in [0.2, 0.25) is 0 Å². The van der Waals surface area contributed by atoms with Gasteiger partial charge in [-0.05, 0) is 13.3 Å². The van der Waals surface area contributed by atoms with E-state index in [1.165, 1.54) is 0 Å². The molecule has 0 aliphatic carbocycles. The average Bonchev–Trinajstić information content (AvgIpc) is 2.25. The first-order chi connectivity index (χ1) is 7.26. The highest BCUT2D eigenvalue weighted by Crippen LogP contribution is 1.93. The van der Waals surface area contributed by atoms with Crippen LogP contribution in [0.1, 0.15) is 13.3 Å². The first-order valence-electron chi connectivity index (χ1n) is 5.21. The Hall–Kier alpha value is -0.650. The molecule has 15 heavy (non-hydrogen) atoms. The molecule has 0 radical (unpaired) electrons. The van der Waals surface area contributed by atoms with Crippen LogP contribution < -0.4 is 0 Å². The fourth-order valence-corrected chi connectivity index (χ4v) is 1.11. The lowest BCUT2D eigenvalue weighted by molar-refractivity contribution is -0.136. The molecule has 0 heterocycles. The summed E-state index contributed by atoms with van der Waals surface area (Å²) in [6.45, 7) is 4.25. The zero-order valence-electron chi connectivity index (χ0n) is 9.57. The van der Waals surface area contributed by atoms with Gasteiger partial charge in [-0.2, -0.15) is 0 Å². The Morgan fingerprint density at radius 3 is 2.67 bits per heavy atom. The summed E-state index contributed by atoms with van der Waals surface area (Å²) in [5, 5.41) is 8.65. The third-order valence-electron chi connectivity index (χ3n) is 1.98. The Labute approximate surface area is 91.0 Å². The van der Waals surface area contributed by atoms with Gasteiger partial charge in [0.15, 0.2) is 0 Å². The van der Waals surface area contributed by atoms with Crippen molar-refractivity contribution < 1.29 is 19.4 Å². The molecule has 0 bridgehead atoms. The molecular formula is C10H21NO4. The van der Waals surface area contributed by atoms with E-state index >= 15 is 0 Å². The van der Waals surface area contributed by atoms with E-state index in [0.717, 1.165) is 0 Å². The van der Waals surface area contributed by atoms with Crippen molar-refractivity contribution >= 4 is 5.91 Å². The van der Waals surface area contributed by atoms with Crippen molar-refractivity contribution in [1.82, 2.24) is 4.90 Å². The second-order valence-corrected chi connectivity index (χ2v) is 3.10. The van der Waals surface area contributed by atoms with Gasteiger partial charge >= 0.3 is 0 Å². The van der Waals surface area contributed by atoms with E-state index in [0.29, 0.717) is 32.7 Å². The summed E-state index contributed by atoms with van der Waals surface area (Å²) in [5.74, 6) is -0.0398. The third-order valence-corrected chi connectivity index (χ3v) is 1.98. The number of carbonyl (C=O) groups excluding carboxylic acids is 1. The number of hydrogen-bond donors (Lipinski definition) is 1. The van der Waals surface area contributed by atoms with E-state index in [2.05, 4.69) is 0 Å². The van der Waals surface area contributed by atoms with Gasteiger partial charge in [-0.1, -0.05) is 0 Å². The molecule has 0 unspecified atom stereocenters. The highest BCUT2D eigenvalue weighted by molar-refractivity contribution is 5.77. The lowest BCUT2D eigenvalue weighted by Gasteiger charge is -2.20. The molecular weight excluding hydrogens is 198 g/mol. The largest absolute Gasteiger partial charge is 0.396 e. The number of hydrogen-bond acceptors (Lipinski definition) is 4. The number of rotatable bonds is 9. The maximum Gasteiger partial charge on any atom is 0.248 e. The van der Waals surface area contributed by atoms with Gasteiger partial charge in [0.1, 0.15) is 6.61 Å². The van der Waals surface area contributed by atoms with Crippen LogP contribution in [0, 0.1) is 0 Å². The summed E-state index contributed by atoms with van der Waals surface area (Å²) in [4.78, 5) is 13.2. The summed E-state index contributed by atoms with van der Waals surface area (Å²) >= 11 is 0. The Bertz CT molecular complexity index is 164. The van der Waals surface area contributed by atoms with Crippen LogP contribution >= 0.6 is 0 Å². The van der Waals surface area contributed by atoms with E-state index in [4.69, 9.17) is 14.6 Å². The number of amides is 1. The number of aliphatic hydroxyl groups excluding tert-OH is 1. The third kappa shape index (κ3) is 7.30. The number of ether oxygens (including phenoxy) is 2. The summed E-state index contributed by atoms with van der Waals surface area (Å²) in [7, 11) is 1.59. The average molecular weight is 219 g/mol. The van der Waals surface area contributed by atoms with Gasteiger partial charge in [0.25, 0.3) is 0 Å². The Morgan fingerprint density at radius 1 is 1.40 bits per heavy atom. The van der Waals surface area contributed by atoms with Gasteiger partial charge in [0.05, 0.1) is 13.2 Å². The predicted octanol–water partition coefficient (Wildman–Crippen LogP) is -0.120. The molecule has 0 fully saturated rings.